The molecule has 0 atom stereocenters. The summed E-state index contributed by atoms with van der Waals surface area (Å²) in [6, 6.07) is 46.0. The Morgan fingerprint density at radius 2 is 0.883 bits per heavy atom. The molecule has 4 aromatic carbocycles. The van der Waals surface area contributed by atoms with Crippen molar-refractivity contribution < 1.29 is 0 Å². The highest BCUT2D eigenvalue weighted by molar-refractivity contribution is 6.07. The molecular formula is C56H54N4. The summed E-state index contributed by atoms with van der Waals surface area (Å²) in [7, 11) is 0. The summed E-state index contributed by atoms with van der Waals surface area (Å²) in [6.45, 7) is 14.6. The van der Waals surface area contributed by atoms with E-state index in [2.05, 4.69) is 191 Å². The minimum absolute atomic E-state index is 0.792. The summed E-state index contributed by atoms with van der Waals surface area (Å²) in [6.07, 6.45) is 8.86. The summed E-state index contributed by atoms with van der Waals surface area (Å²) in [4.78, 5) is 15.7. The number of hydrogen-bond acceptors (Lipinski definition) is 2. The Morgan fingerprint density at radius 1 is 0.450 bits per heavy atom. The van der Waals surface area contributed by atoms with Gasteiger partial charge in [-0.05, 0) is 107 Å². The van der Waals surface area contributed by atoms with Crippen LogP contribution in [0.2, 0.25) is 0 Å². The van der Waals surface area contributed by atoms with Gasteiger partial charge in [-0.25, -0.2) is 9.97 Å². The van der Waals surface area contributed by atoms with E-state index in [1.165, 1.54) is 50.0 Å². The molecule has 9 rings (SSSR count). The van der Waals surface area contributed by atoms with E-state index in [1.54, 1.807) is 0 Å². The first-order valence-corrected chi connectivity index (χ1v) is 22.0. The van der Waals surface area contributed by atoms with Gasteiger partial charge in [0.2, 0.25) is 0 Å². The molecule has 0 saturated heterocycles. The lowest BCUT2D eigenvalue weighted by molar-refractivity contribution is 0.822. The van der Waals surface area contributed by atoms with Crippen molar-refractivity contribution in [1.82, 2.24) is 19.5 Å². The lowest BCUT2D eigenvalue weighted by atomic mass is 9.91. The standard InChI is InChI=1S/C56H54N4/c1-7-36-35-47-48(37-25-17-13-18-26-37)45-33-34-46(57-45)49(38-27-19-14-20-28-38)55-43(10-4)44(11-5)56(60(55)12-6)51(40-31-23-16-24-32-40)54-42(9-3)41(8-2)53(59-54)50(52(36)58-47)39-29-21-15-22-30-39/h13-35,58H,7-12H2,1-6H3. The summed E-state index contributed by atoms with van der Waals surface area (Å²) in [5, 5.41) is 0. The van der Waals surface area contributed by atoms with Crippen LogP contribution in [0.4, 0.5) is 0 Å². The average molecular weight is 783 g/mol. The summed E-state index contributed by atoms with van der Waals surface area (Å²) in [5.74, 6) is 0. The Labute approximate surface area is 355 Å². The van der Waals surface area contributed by atoms with E-state index in [0.29, 0.717) is 0 Å². The van der Waals surface area contributed by atoms with Crippen LogP contribution < -0.4 is 0 Å². The maximum atomic E-state index is 5.98. The van der Waals surface area contributed by atoms with Crippen LogP contribution in [0.25, 0.3) is 89.9 Å². The topological polar surface area (TPSA) is 46.5 Å². The van der Waals surface area contributed by atoms with Gasteiger partial charge in [-0.2, -0.15) is 0 Å². The molecule has 0 unspecified atom stereocenters. The number of rotatable bonds is 10. The molecule has 2 aliphatic rings. The first kappa shape index (κ1) is 39.0. The number of allylic oxidation sites excluding steroid dienone is 2. The third-order valence-electron chi connectivity index (χ3n) is 12.5. The molecule has 7 aromatic rings. The second-order valence-corrected chi connectivity index (χ2v) is 15.7. The van der Waals surface area contributed by atoms with E-state index in [0.717, 1.165) is 106 Å². The second-order valence-electron chi connectivity index (χ2n) is 15.7. The van der Waals surface area contributed by atoms with Gasteiger partial charge >= 0.3 is 0 Å². The number of benzene rings is 4. The molecule has 5 heterocycles. The monoisotopic (exact) mass is 782 g/mol. The number of H-pyrrole nitrogens is 1. The highest BCUT2D eigenvalue weighted by Gasteiger charge is 2.29. The molecule has 298 valence electrons. The molecule has 4 nitrogen and oxygen atoms in total. The molecule has 2 aliphatic heterocycles. The van der Waals surface area contributed by atoms with Crippen LogP contribution in [0.5, 0.6) is 0 Å². The number of hydrogen-bond donors (Lipinski definition) is 1. The van der Waals surface area contributed by atoms with Crippen molar-refractivity contribution in [1.29, 1.82) is 0 Å². The zero-order chi connectivity index (χ0) is 41.3. The lowest BCUT2D eigenvalue weighted by Gasteiger charge is -2.14. The van der Waals surface area contributed by atoms with E-state index in [-0.39, 0.29) is 0 Å². The third-order valence-corrected chi connectivity index (χ3v) is 12.5. The SMILES string of the molecule is CCC1=C(CC)c2nc1c(-c1ccccc1)c1[nH]c(cc1CC)c(-c1ccccc1)c1nc(c(-c3ccccc3)c3c(CC)c(CC)c(c2-c2ccccc2)n3CC)C=C1. The second kappa shape index (κ2) is 16.6. The van der Waals surface area contributed by atoms with Gasteiger partial charge in [0.25, 0.3) is 0 Å². The lowest BCUT2D eigenvalue weighted by Crippen LogP contribution is -2.00. The van der Waals surface area contributed by atoms with E-state index < -0.39 is 0 Å². The fourth-order valence-corrected chi connectivity index (χ4v) is 9.91. The van der Waals surface area contributed by atoms with Crippen molar-refractivity contribution in [2.75, 3.05) is 0 Å². The van der Waals surface area contributed by atoms with Crippen molar-refractivity contribution in [2.24, 2.45) is 0 Å². The quantitative estimate of drug-likeness (QED) is 0.150. The van der Waals surface area contributed by atoms with Gasteiger partial charge in [0.15, 0.2) is 0 Å². The molecule has 0 spiro atoms. The number of nitrogens with zero attached hydrogens (tertiary/aromatic N) is 3. The molecule has 0 aliphatic carbocycles. The van der Waals surface area contributed by atoms with Gasteiger partial charge in [0.1, 0.15) is 0 Å². The first-order chi connectivity index (χ1) is 29.5. The summed E-state index contributed by atoms with van der Waals surface area (Å²) >= 11 is 0. The molecule has 4 heteroatoms. The fourth-order valence-electron chi connectivity index (χ4n) is 9.91. The van der Waals surface area contributed by atoms with E-state index in [9.17, 15) is 0 Å². The molecule has 8 bridgehead atoms. The van der Waals surface area contributed by atoms with Crippen LogP contribution in [-0.2, 0) is 25.8 Å². The molecule has 0 saturated carbocycles. The maximum absolute atomic E-state index is 5.98. The Morgan fingerprint density at radius 3 is 1.35 bits per heavy atom. The summed E-state index contributed by atoms with van der Waals surface area (Å²) < 4.78 is 2.61. The molecule has 1 N–H and O–H groups in total. The molecule has 0 radical (unpaired) electrons. The number of fused-ring (bicyclic) bond motifs is 8. The van der Waals surface area contributed by atoms with E-state index >= 15 is 0 Å². The highest BCUT2D eigenvalue weighted by Crippen LogP contribution is 2.47. The van der Waals surface area contributed by atoms with Crippen LogP contribution in [0.15, 0.2) is 127 Å². The molecule has 3 aromatic heterocycles. The van der Waals surface area contributed by atoms with Gasteiger partial charge in [0, 0.05) is 34.3 Å². The molecule has 0 fully saturated rings. The Bertz CT molecular complexity index is 2950. The van der Waals surface area contributed by atoms with E-state index in [4.69, 9.17) is 9.97 Å². The molecule has 0 amide bonds. The third kappa shape index (κ3) is 6.46. The smallest absolute Gasteiger partial charge is 0.0772 e. The molecule has 60 heavy (non-hydrogen) atoms. The summed E-state index contributed by atoms with van der Waals surface area (Å²) in [5.41, 5.74) is 24.7. The van der Waals surface area contributed by atoms with Crippen LogP contribution in [0.1, 0.15) is 93.9 Å². The Balaban J connectivity index is 1.66. The van der Waals surface area contributed by atoms with Crippen LogP contribution >= 0.6 is 0 Å². The fraction of sp³-hybridized carbons (Fsp3) is 0.214. The van der Waals surface area contributed by atoms with Crippen molar-refractivity contribution in [3.8, 4) is 44.5 Å². The van der Waals surface area contributed by atoms with Crippen LogP contribution in [0.3, 0.4) is 0 Å². The average Bonchev–Trinajstić information content (AvgIpc) is 4.09. The minimum atomic E-state index is 0.792. The van der Waals surface area contributed by atoms with Gasteiger partial charge in [-0.1, -0.05) is 156 Å². The number of aromatic nitrogens is 4. The van der Waals surface area contributed by atoms with Gasteiger partial charge < -0.3 is 9.55 Å². The van der Waals surface area contributed by atoms with Crippen molar-refractivity contribution in [2.45, 2.75) is 80.2 Å². The van der Waals surface area contributed by atoms with Crippen molar-refractivity contribution >= 4 is 45.4 Å². The number of aromatic amines is 1. The first-order valence-electron chi connectivity index (χ1n) is 22.0. The Kier molecular flexibility index (Phi) is 10.8. The number of aryl methyl sites for hydroxylation is 4. The largest absolute Gasteiger partial charge is 0.354 e. The molecular weight excluding hydrogens is 729 g/mol. The zero-order valence-electron chi connectivity index (χ0n) is 35.9. The highest BCUT2D eigenvalue weighted by atomic mass is 15.0. The normalized spacial score (nSPS) is 12.4. The van der Waals surface area contributed by atoms with Crippen LogP contribution in [-0.4, -0.2) is 19.5 Å². The van der Waals surface area contributed by atoms with Gasteiger partial charge in [-0.15, -0.1) is 0 Å². The van der Waals surface area contributed by atoms with Crippen molar-refractivity contribution in [3.05, 3.63) is 167 Å². The van der Waals surface area contributed by atoms with E-state index in [1.807, 2.05) is 0 Å². The minimum Gasteiger partial charge on any atom is -0.354 e. The maximum Gasteiger partial charge on any atom is 0.0772 e. The Hall–Kier alpha value is -6.52. The predicted molar refractivity (Wildman–Crippen MR) is 257 cm³/mol. The van der Waals surface area contributed by atoms with Gasteiger partial charge in [0.05, 0.1) is 39.3 Å². The predicted octanol–water partition coefficient (Wildman–Crippen LogP) is 15.1. The number of nitrogens with one attached hydrogen (secondary N) is 1. The van der Waals surface area contributed by atoms with Crippen molar-refractivity contribution in [3.63, 3.8) is 0 Å². The zero-order valence-corrected chi connectivity index (χ0v) is 35.9. The van der Waals surface area contributed by atoms with Crippen LogP contribution in [0, 0.1) is 0 Å². The van der Waals surface area contributed by atoms with Gasteiger partial charge in [-0.3, -0.25) is 0 Å².